The number of carbonyl (C=O) groups is 1. The van der Waals surface area contributed by atoms with E-state index < -0.39 is 0 Å². The molecule has 4 nitrogen and oxygen atoms in total. The van der Waals surface area contributed by atoms with Gasteiger partial charge in [0, 0.05) is 31.1 Å². The molecule has 0 saturated carbocycles. The molecule has 0 spiro atoms. The highest BCUT2D eigenvalue weighted by Crippen LogP contribution is 2.32. The molecule has 0 radical (unpaired) electrons. The number of nitrogens with two attached hydrogens (primary N) is 1. The highest BCUT2D eigenvalue weighted by molar-refractivity contribution is 5.79. The Morgan fingerprint density at radius 3 is 2.42 bits per heavy atom. The summed E-state index contributed by atoms with van der Waals surface area (Å²) in [5.41, 5.74) is 7.37. The van der Waals surface area contributed by atoms with E-state index in [1.165, 1.54) is 12.0 Å². The summed E-state index contributed by atoms with van der Waals surface area (Å²) in [5, 5.41) is 0. The monoisotopic (exact) mass is 329 g/mol. The molecule has 2 unspecified atom stereocenters. The maximum Gasteiger partial charge on any atom is 0.237 e. The van der Waals surface area contributed by atoms with E-state index in [9.17, 15) is 4.79 Å². The first-order chi connectivity index (χ1) is 11.6. The van der Waals surface area contributed by atoms with Gasteiger partial charge in [-0.2, -0.15) is 0 Å². The first-order valence-electron chi connectivity index (χ1n) is 9.38. The standard InChI is InChI=1S/C20H31N3O/c1-15-7-6-8-16(2)23(15)20(24)14-22-12-18(11-21)19(13-22)17-9-4-3-5-10-17/h3-5,9-10,15-16,18-19H,6-8,11-14,21H2,1-2H3/t15?,16?,18-,19+/m1/s1. The maximum atomic E-state index is 12.9. The lowest BCUT2D eigenvalue weighted by atomic mass is 9.89. The third-order valence-electron chi connectivity index (χ3n) is 5.89. The molecule has 4 atom stereocenters. The van der Waals surface area contributed by atoms with Crippen LogP contribution in [-0.4, -0.2) is 54.0 Å². The van der Waals surface area contributed by atoms with Gasteiger partial charge in [0.25, 0.3) is 0 Å². The van der Waals surface area contributed by atoms with Crippen molar-refractivity contribution < 1.29 is 4.79 Å². The van der Waals surface area contributed by atoms with Crippen LogP contribution in [-0.2, 0) is 4.79 Å². The summed E-state index contributed by atoms with van der Waals surface area (Å²) in [6.45, 7) is 7.46. The van der Waals surface area contributed by atoms with Crippen molar-refractivity contribution in [1.82, 2.24) is 9.80 Å². The largest absolute Gasteiger partial charge is 0.336 e. The molecule has 2 fully saturated rings. The smallest absolute Gasteiger partial charge is 0.237 e. The number of piperidine rings is 1. The maximum absolute atomic E-state index is 12.9. The van der Waals surface area contributed by atoms with E-state index in [0.29, 0.717) is 42.9 Å². The van der Waals surface area contributed by atoms with Gasteiger partial charge in [0.1, 0.15) is 0 Å². The topological polar surface area (TPSA) is 49.6 Å². The summed E-state index contributed by atoms with van der Waals surface area (Å²) in [7, 11) is 0. The zero-order valence-electron chi connectivity index (χ0n) is 15.0. The first-order valence-corrected chi connectivity index (χ1v) is 9.38. The van der Waals surface area contributed by atoms with Crippen molar-refractivity contribution in [2.24, 2.45) is 11.7 Å². The highest BCUT2D eigenvalue weighted by Gasteiger charge is 2.36. The molecule has 4 heteroatoms. The molecule has 24 heavy (non-hydrogen) atoms. The van der Waals surface area contributed by atoms with Crippen LogP contribution in [0.15, 0.2) is 30.3 Å². The Morgan fingerprint density at radius 1 is 1.12 bits per heavy atom. The van der Waals surface area contributed by atoms with Gasteiger partial charge in [-0.25, -0.2) is 0 Å². The van der Waals surface area contributed by atoms with E-state index in [0.717, 1.165) is 25.9 Å². The van der Waals surface area contributed by atoms with Gasteiger partial charge in [-0.1, -0.05) is 30.3 Å². The molecule has 1 amide bonds. The van der Waals surface area contributed by atoms with Crippen LogP contribution in [0, 0.1) is 5.92 Å². The zero-order chi connectivity index (χ0) is 17.1. The summed E-state index contributed by atoms with van der Waals surface area (Å²) < 4.78 is 0. The quantitative estimate of drug-likeness (QED) is 0.923. The number of hydrogen-bond donors (Lipinski definition) is 1. The van der Waals surface area contributed by atoms with E-state index >= 15 is 0 Å². The first kappa shape index (κ1) is 17.4. The summed E-state index contributed by atoms with van der Waals surface area (Å²) in [4.78, 5) is 17.3. The van der Waals surface area contributed by atoms with E-state index in [1.54, 1.807) is 0 Å². The minimum atomic E-state index is 0.291. The Labute approximate surface area is 146 Å². The van der Waals surface area contributed by atoms with Crippen molar-refractivity contribution in [1.29, 1.82) is 0 Å². The molecule has 1 aromatic carbocycles. The summed E-state index contributed by atoms with van der Waals surface area (Å²) in [5.74, 6) is 1.18. The van der Waals surface area contributed by atoms with Gasteiger partial charge in [-0.05, 0) is 51.1 Å². The number of benzene rings is 1. The minimum absolute atomic E-state index is 0.291. The van der Waals surface area contributed by atoms with Crippen LogP contribution in [0.3, 0.4) is 0 Å². The van der Waals surface area contributed by atoms with Crippen LogP contribution in [0.2, 0.25) is 0 Å². The molecule has 2 heterocycles. The lowest BCUT2D eigenvalue weighted by Crippen LogP contribution is -2.50. The lowest BCUT2D eigenvalue weighted by Gasteiger charge is -2.39. The Balaban J connectivity index is 1.65. The van der Waals surface area contributed by atoms with E-state index in [-0.39, 0.29) is 0 Å². The molecule has 2 aliphatic rings. The average Bonchev–Trinajstić information content (AvgIpc) is 2.98. The van der Waals surface area contributed by atoms with Gasteiger partial charge in [0.15, 0.2) is 0 Å². The van der Waals surface area contributed by atoms with Crippen molar-refractivity contribution in [2.45, 2.75) is 51.1 Å². The molecule has 1 aromatic rings. The van der Waals surface area contributed by atoms with Gasteiger partial charge in [0.05, 0.1) is 6.54 Å². The second kappa shape index (κ2) is 7.66. The number of nitrogens with zero attached hydrogens (tertiary/aromatic N) is 2. The van der Waals surface area contributed by atoms with E-state index in [1.807, 2.05) is 0 Å². The molecule has 2 saturated heterocycles. The van der Waals surface area contributed by atoms with Crippen LogP contribution in [0.4, 0.5) is 0 Å². The molecule has 0 bridgehead atoms. The number of likely N-dealkylation sites (tertiary alicyclic amines) is 2. The normalized spacial score (nSPS) is 31.4. The van der Waals surface area contributed by atoms with Crippen molar-refractivity contribution in [3.05, 3.63) is 35.9 Å². The third kappa shape index (κ3) is 3.65. The Morgan fingerprint density at radius 2 is 1.79 bits per heavy atom. The van der Waals surface area contributed by atoms with Crippen LogP contribution < -0.4 is 5.73 Å². The molecular formula is C20H31N3O. The van der Waals surface area contributed by atoms with Crippen LogP contribution in [0.5, 0.6) is 0 Å². The summed E-state index contributed by atoms with van der Waals surface area (Å²) in [6, 6.07) is 11.4. The van der Waals surface area contributed by atoms with Crippen molar-refractivity contribution in [3.63, 3.8) is 0 Å². The van der Waals surface area contributed by atoms with Crippen molar-refractivity contribution >= 4 is 5.91 Å². The average molecular weight is 329 g/mol. The third-order valence-corrected chi connectivity index (χ3v) is 5.89. The van der Waals surface area contributed by atoms with Gasteiger partial charge in [-0.15, -0.1) is 0 Å². The van der Waals surface area contributed by atoms with Crippen LogP contribution in [0.1, 0.15) is 44.6 Å². The van der Waals surface area contributed by atoms with Crippen molar-refractivity contribution in [2.75, 3.05) is 26.2 Å². The number of rotatable bonds is 4. The Hall–Kier alpha value is -1.39. The molecule has 2 aliphatic heterocycles. The van der Waals surface area contributed by atoms with Crippen molar-refractivity contribution in [3.8, 4) is 0 Å². The van der Waals surface area contributed by atoms with Crippen LogP contribution >= 0.6 is 0 Å². The summed E-state index contributed by atoms with van der Waals surface area (Å²) >= 11 is 0. The van der Waals surface area contributed by atoms with Gasteiger partial charge >= 0.3 is 0 Å². The number of hydrogen-bond acceptors (Lipinski definition) is 3. The predicted octanol–water partition coefficient (Wildman–Crippen LogP) is 2.45. The minimum Gasteiger partial charge on any atom is -0.336 e. The number of amides is 1. The molecule has 0 aliphatic carbocycles. The fraction of sp³-hybridized carbons (Fsp3) is 0.650. The Kier molecular flexibility index (Phi) is 5.57. The molecule has 0 aromatic heterocycles. The lowest BCUT2D eigenvalue weighted by molar-refractivity contribution is -0.138. The Bertz CT molecular complexity index is 537. The second-order valence-electron chi connectivity index (χ2n) is 7.64. The highest BCUT2D eigenvalue weighted by atomic mass is 16.2. The molecule has 3 rings (SSSR count). The SMILES string of the molecule is CC1CCCC(C)N1C(=O)CN1C[C@@H](CN)[C@H](c2ccccc2)C1. The predicted molar refractivity (Wildman–Crippen MR) is 97.8 cm³/mol. The fourth-order valence-electron chi connectivity index (χ4n) is 4.59. The van der Waals surface area contributed by atoms with E-state index in [2.05, 4.69) is 54.0 Å². The second-order valence-corrected chi connectivity index (χ2v) is 7.64. The number of carbonyl (C=O) groups excluding carboxylic acids is 1. The molecular weight excluding hydrogens is 298 g/mol. The van der Waals surface area contributed by atoms with Gasteiger partial charge in [-0.3, -0.25) is 9.69 Å². The van der Waals surface area contributed by atoms with Gasteiger partial charge < -0.3 is 10.6 Å². The molecule has 2 N–H and O–H groups in total. The summed E-state index contributed by atoms with van der Waals surface area (Å²) in [6.07, 6.45) is 3.50. The van der Waals surface area contributed by atoms with E-state index in [4.69, 9.17) is 5.73 Å². The van der Waals surface area contributed by atoms with Gasteiger partial charge in [0.2, 0.25) is 5.91 Å². The van der Waals surface area contributed by atoms with Crippen LogP contribution in [0.25, 0.3) is 0 Å². The molecule has 132 valence electrons. The zero-order valence-corrected chi connectivity index (χ0v) is 15.0. The fourth-order valence-corrected chi connectivity index (χ4v) is 4.59.